The van der Waals surface area contributed by atoms with Crippen molar-refractivity contribution in [2.24, 2.45) is 0 Å². The van der Waals surface area contributed by atoms with Gasteiger partial charge < -0.3 is 5.32 Å². The van der Waals surface area contributed by atoms with Gasteiger partial charge in [0, 0.05) is 24.2 Å². The quantitative estimate of drug-likeness (QED) is 0.890. The SMILES string of the molecule is CCn1nc(C)c(CCNC(=O)Cc2csc(C)n2)c1C. The number of carbonyl (C=O) groups is 1. The number of aromatic nitrogens is 3. The summed E-state index contributed by atoms with van der Waals surface area (Å²) in [5.41, 5.74) is 4.33. The highest BCUT2D eigenvalue weighted by Crippen LogP contribution is 2.13. The molecule has 6 heteroatoms. The number of amides is 1. The molecule has 2 aromatic heterocycles. The smallest absolute Gasteiger partial charge is 0.226 e. The first-order valence-corrected chi connectivity index (χ1v) is 8.09. The lowest BCUT2D eigenvalue weighted by molar-refractivity contribution is -0.120. The molecule has 0 unspecified atom stereocenters. The molecule has 0 aliphatic rings. The fourth-order valence-corrected chi connectivity index (χ4v) is 3.06. The Morgan fingerprint density at radius 3 is 2.71 bits per heavy atom. The largest absolute Gasteiger partial charge is 0.355 e. The zero-order valence-electron chi connectivity index (χ0n) is 13.1. The van der Waals surface area contributed by atoms with Crippen molar-refractivity contribution in [3.63, 3.8) is 0 Å². The minimum Gasteiger partial charge on any atom is -0.355 e. The van der Waals surface area contributed by atoms with Gasteiger partial charge in [-0.05, 0) is 39.7 Å². The van der Waals surface area contributed by atoms with Crippen LogP contribution in [0.3, 0.4) is 0 Å². The molecule has 0 radical (unpaired) electrons. The number of rotatable bonds is 6. The molecule has 0 saturated heterocycles. The molecule has 2 aromatic rings. The zero-order chi connectivity index (χ0) is 15.4. The predicted octanol–water partition coefficient (Wildman–Crippen LogP) is 2.19. The first kappa shape index (κ1) is 15.7. The maximum Gasteiger partial charge on any atom is 0.226 e. The third kappa shape index (κ3) is 3.91. The molecular weight excluding hydrogens is 284 g/mol. The lowest BCUT2D eigenvalue weighted by Gasteiger charge is -2.05. The van der Waals surface area contributed by atoms with Crippen molar-refractivity contribution in [1.82, 2.24) is 20.1 Å². The summed E-state index contributed by atoms with van der Waals surface area (Å²) < 4.78 is 2.00. The molecule has 1 N–H and O–H groups in total. The maximum atomic E-state index is 11.9. The Morgan fingerprint density at radius 2 is 2.14 bits per heavy atom. The van der Waals surface area contributed by atoms with Crippen molar-refractivity contribution in [3.8, 4) is 0 Å². The second kappa shape index (κ2) is 6.85. The molecule has 0 aliphatic heterocycles. The highest BCUT2D eigenvalue weighted by Gasteiger charge is 2.11. The first-order chi connectivity index (χ1) is 10.0. The van der Waals surface area contributed by atoms with Crippen LogP contribution in [0.1, 0.15) is 34.6 Å². The normalized spacial score (nSPS) is 10.9. The van der Waals surface area contributed by atoms with Crippen LogP contribution in [-0.4, -0.2) is 27.2 Å². The molecule has 114 valence electrons. The van der Waals surface area contributed by atoms with E-state index in [-0.39, 0.29) is 5.91 Å². The molecule has 1 amide bonds. The van der Waals surface area contributed by atoms with Gasteiger partial charge in [0.25, 0.3) is 0 Å². The van der Waals surface area contributed by atoms with Crippen LogP contribution < -0.4 is 5.32 Å². The number of aryl methyl sites for hydroxylation is 3. The lowest BCUT2D eigenvalue weighted by atomic mass is 10.1. The van der Waals surface area contributed by atoms with Crippen molar-refractivity contribution >= 4 is 17.2 Å². The van der Waals surface area contributed by atoms with Gasteiger partial charge in [-0.25, -0.2) is 4.98 Å². The number of hydrogen-bond acceptors (Lipinski definition) is 4. The summed E-state index contributed by atoms with van der Waals surface area (Å²) in [6.45, 7) is 9.65. The number of carbonyl (C=O) groups excluding carboxylic acids is 1. The Bertz CT molecular complexity index is 630. The molecule has 5 nitrogen and oxygen atoms in total. The van der Waals surface area contributed by atoms with Gasteiger partial charge in [0.15, 0.2) is 0 Å². The molecule has 0 atom stereocenters. The van der Waals surface area contributed by atoms with Crippen LogP contribution in [0.25, 0.3) is 0 Å². The van der Waals surface area contributed by atoms with Gasteiger partial charge in [-0.2, -0.15) is 5.10 Å². The summed E-state index contributed by atoms with van der Waals surface area (Å²) in [7, 11) is 0. The average Bonchev–Trinajstić information content (AvgIpc) is 2.95. The number of nitrogens with one attached hydrogen (secondary N) is 1. The third-order valence-corrected chi connectivity index (χ3v) is 4.36. The van der Waals surface area contributed by atoms with Crippen molar-refractivity contribution in [2.45, 2.75) is 47.1 Å². The maximum absolute atomic E-state index is 11.9. The van der Waals surface area contributed by atoms with E-state index in [0.717, 1.165) is 29.4 Å². The first-order valence-electron chi connectivity index (χ1n) is 7.21. The molecule has 0 spiro atoms. The molecule has 2 rings (SSSR count). The fraction of sp³-hybridized carbons (Fsp3) is 0.533. The summed E-state index contributed by atoms with van der Waals surface area (Å²) in [6, 6.07) is 0. The highest BCUT2D eigenvalue weighted by atomic mass is 32.1. The van der Waals surface area contributed by atoms with Crippen LogP contribution >= 0.6 is 11.3 Å². The molecule has 2 heterocycles. The van der Waals surface area contributed by atoms with Gasteiger partial charge in [0.1, 0.15) is 0 Å². The standard InChI is InChI=1S/C15H22N4OS/c1-5-19-11(3)14(10(2)18-19)6-7-16-15(20)8-13-9-21-12(4)17-13/h9H,5-8H2,1-4H3,(H,16,20). The van der Waals surface area contributed by atoms with Gasteiger partial charge in [0.05, 0.1) is 22.8 Å². The minimum absolute atomic E-state index is 0.0264. The summed E-state index contributed by atoms with van der Waals surface area (Å²) in [5.74, 6) is 0.0264. The van der Waals surface area contributed by atoms with Gasteiger partial charge >= 0.3 is 0 Å². The van der Waals surface area contributed by atoms with Crippen LogP contribution in [0, 0.1) is 20.8 Å². The van der Waals surface area contributed by atoms with E-state index < -0.39 is 0 Å². The Morgan fingerprint density at radius 1 is 1.38 bits per heavy atom. The third-order valence-electron chi connectivity index (χ3n) is 3.54. The van der Waals surface area contributed by atoms with Gasteiger partial charge in [-0.3, -0.25) is 9.48 Å². The molecule has 0 aromatic carbocycles. The van der Waals surface area contributed by atoms with Crippen LogP contribution in [0.5, 0.6) is 0 Å². The Labute approximate surface area is 129 Å². The second-order valence-electron chi connectivity index (χ2n) is 5.10. The van der Waals surface area contributed by atoms with Crippen LogP contribution in [-0.2, 0) is 24.2 Å². The molecule has 21 heavy (non-hydrogen) atoms. The second-order valence-corrected chi connectivity index (χ2v) is 6.16. The van der Waals surface area contributed by atoms with E-state index in [9.17, 15) is 4.79 Å². The van der Waals surface area contributed by atoms with E-state index >= 15 is 0 Å². The van der Waals surface area contributed by atoms with E-state index in [1.54, 1.807) is 11.3 Å². The summed E-state index contributed by atoms with van der Waals surface area (Å²) in [6.07, 6.45) is 1.18. The minimum atomic E-state index is 0.0264. The molecule has 0 fully saturated rings. The Hall–Kier alpha value is -1.69. The Balaban J connectivity index is 1.84. The van der Waals surface area contributed by atoms with Crippen LogP contribution in [0.15, 0.2) is 5.38 Å². The molecule has 0 bridgehead atoms. The average molecular weight is 306 g/mol. The number of thiazole rings is 1. The van der Waals surface area contributed by atoms with Crippen molar-refractivity contribution in [2.75, 3.05) is 6.54 Å². The van der Waals surface area contributed by atoms with Gasteiger partial charge in [-0.1, -0.05) is 0 Å². The van der Waals surface area contributed by atoms with E-state index in [1.807, 2.05) is 23.9 Å². The van der Waals surface area contributed by atoms with E-state index in [2.05, 4.69) is 29.2 Å². The summed E-state index contributed by atoms with van der Waals surface area (Å²) in [5, 5.41) is 10.4. The molecular formula is C15H22N4OS. The highest BCUT2D eigenvalue weighted by molar-refractivity contribution is 7.09. The van der Waals surface area contributed by atoms with Gasteiger partial charge in [-0.15, -0.1) is 11.3 Å². The molecule has 0 saturated carbocycles. The van der Waals surface area contributed by atoms with Crippen molar-refractivity contribution < 1.29 is 4.79 Å². The number of hydrogen-bond donors (Lipinski definition) is 1. The summed E-state index contributed by atoms with van der Waals surface area (Å²) >= 11 is 1.57. The molecule has 0 aliphatic carbocycles. The van der Waals surface area contributed by atoms with E-state index in [1.165, 1.54) is 11.3 Å². The van der Waals surface area contributed by atoms with Crippen LogP contribution in [0.2, 0.25) is 0 Å². The van der Waals surface area contributed by atoms with E-state index in [4.69, 9.17) is 0 Å². The van der Waals surface area contributed by atoms with Crippen molar-refractivity contribution in [1.29, 1.82) is 0 Å². The Kier molecular flexibility index (Phi) is 5.12. The number of nitrogens with zero attached hydrogens (tertiary/aromatic N) is 3. The zero-order valence-corrected chi connectivity index (χ0v) is 13.9. The van der Waals surface area contributed by atoms with E-state index in [0.29, 0.717) is 13.0 Å². The monoisotopic (exact) mass is 306 g/mol. The van der Waals surface area contributed by atoms with Crippen LogP contribution in [0.4, 0.5) is 0 Å². The predicted molar refractivity (Wildman–Crippen MR) is 84.6 cm³/mol. The summed E-state index contributed by atoms with van der Waals surface area (Å²) in [4.78, 5) is 16.2. The fourth-order valence-electron chi connectivity index (χ4n) is 2.45. The van der Waals surface area contributed by atoms with Crippen molar-refractivity contribution in [3.05, 3.63) is 33.0 Å². The topological polar surface area (TPSA) is 59.8 Å². The van der Waals surface area contributed by atoms with Gasteiger partial charge in [0.2, 0.25) is 5.91 Å². The lowest BCUT2D eigenvalue weighted by Crippen LogP contribution is -2.27.